The Labute approximate surface area is 253 Å². The molecule has 0 aliphatic carbocycles. The molecule has 1 fully saturated rings. The first-order valence-electron chi connectivity index (χ1n) is 15.0. The number of amides is 1. The second-order valence-electron chi connectivity index (χ2n) is 10.7. The molecule has 0 bridgehead atoms. The van der Waals surface area contributed by atoms with Crippen LogP contribution in [0.4, 0.5) is 5.82 Å². The number of hydrogen-bond donors (Lipinski definition) is 3. The zero-order valence-corrected chi connectivity index (χ0v) is 25.3. The normalized spacial score (nSPS) is 14.2. The minimum atomic E-state index is -0.711. The van der Waals surface area contributed by atoms with Gasteiger partial charge in [-0.05, 0) is 49.8 Å². The van der Waals surface area contributed by atoms with Crippen molar-refractivity contribution in [2.24, 2.45) is 5.73 Å². The molecule has 1 aromatic heterocycles. The van der Waals surface area contributed by atoms with E-state index in [1.807, 2.05) is 37.3 Å². The largest absolute Gasteiger partial charge is 0.481 e. The summed E-state index contributed by atoms with van der Waals surface area (Å²) in [6.07, 6.45) is 10.1. The van der Waals surface area contributed by atoms with Gasteiger partial charge in [0.05, 0.1) is 11.1 Å². The van der Waals surface area contributed by atoms with Gasteiger partial charge in [-0.2, -0.15) is 10.5 Å². The van der Waals surface area contributed by atoms with Gasteiger partial charge >= 0.3 is 5.97 Å². The molecule has 1 saturated heterocycles. The number of rotatable bonds is 17. The van der Waals surface area contributed by atoms with E-state index in [1.54, 1.807) is 0 Å². The molecule has 0 radical (unpaired) electrons. The Hall–Kier alpha value is -3.60. The van der Waals surface area contributed by atoms with Crippen LogP contribution in [0.15, 0.2) is 35.4 Å². The van der Waals surface area contributed by atoms with Crippen molar-refractivity contribution in [1.82, 2.24) is 10.3 Å². The fraction of sp³-hybridized carbons (Fsp3) is 0.531. The number of carbonyl (C=O) groups is 2. The molecule has 2 aromatic rings. The summed E-state index contributed by atoms with van der Waals surface area (Å²) < 4.78 is 0. The number of pyridine rings is 1. The monoisotopic (exact) mass is 590 g/mol. The Balaban J connectivity index is 1.60. The molecule has 10 heteroatoms. The molecule has 1 amide bonds. The molecule has 3 rings (SSSR count). The number of piperidine rings is 1. The molecule has 1 aromatic carbocycles. The SMILES string of the molecule is CCc1c(C#N)c(SC(C(N)=O)c2ccccc2)nc(N2CCC(NCCCCCCCCCC(=O)O)CC2)c1C#N. The Kier molecular flexibility index (Phi) is 13.6. The van der Waals surface area contributed by atoms with Gasteiger partial charge in [0.25, 0.3) is 0 Å². The quantitative estimate of drug-likeness (QED) is 0.161. The number of carbonyl (C=O) groups excluding carboxylic acids is 1. The van der Waals surface area contributed by atoms with Crippen LogP contribution in [-0.2, 0) is 16.0 Å². The van der Waals surface area contributed by atoms with Gasteiger partial charge in [0.1, 0.15) is 28.2 Å². The van der Waals surface area contributed by atoms with E-state index in [2.05, 4.69) is 22.4 Å². The molecule has 1 aliphatic heterocycles. The van der Waals surface area contributed by atoms with Crippen molar-refractivity contribution in [1.29, 1.82) is 10.5 Å². The van der Waals surface area contributed by atoms with E-state index < -0.39 is 17.1 Å². The average Bonchev–Trinajstić information content (AvgIpc) is 3.00. The van der Waals surface area contributed by atoms with Crippen molar-refractivity contribution in [3.05, 3.63) is 52.6 Å². The van der Waals surface area contributed by atoms with Gasteiger partial charge in [0.15, 0.2) is 0 Å². The van der Waals surface area contributed by atoms with Gasteiger partial charge < -0.3 is 21.1 Å². The summed E-state index contributed by atoms with van der Waals surface area (Å²) in [4.78, 5) is 30.0. The van der Waals surface area contributed by atoms with Gasteiger partial charge in [0, 0.05) is 25.6 Å². The van der Waals surface area contributed by atoms with Crippen LogP contribution in [0.2, 0.25) is 0 Å². The maximum absolute atomic E-state index is 12.4. The van der Waals surface area contributed by atoms with Crippen LogP contribution in [0.1, 0.15) is 98.6 Å². The molecule has 224 valence electrons. The number of primary amides is 1. The predicted octanol–water partition coefficient (Wildman–Crippen LogP) is 5.47. The van der Waals surface area contributed by atoms with Crippen LogP contribution in [-0.4, -0.2) is 47.6 Å². The highest BCUT2D eigenvalue weighted by Crippen LogP contribution is 2.39. The van der Waals surface area contributed by atoms with E-state index in [4.69, 9.17) is 15.8 Å². The van der Waals surface area contributed by atoms with Crippen molar-refractivity contribution >= 4 is 29.5 Å². The molecular weight excluding hydrogens is 548 g/mol. The lowest BCUT2D eigenvalue weighted by Crippen LogP contribution is -2.43. The number of thioether (sulfide) groups is 1. The molecule has 4 N–H and O–H groups in total. The lowest BCUT2D eigenvalue weighted by molar-refractivity contribution is -0.137. The highest BCUT2D eigenvalue weighted by Gasteiger charge is 2.29. The number of nitriles is 2. The lowest BCUT2D eigenvalue weighted by Gasteiger charge is -2.34. The zero-order chi connectivity index (χ0) is 30.3. The third-order valence-electron chi connectivity index (χ3n) is 7.71. The zero-order valence-electron chi connectivity index (χ0n) is 24.5. The number of unbranched alkanes of at least 4 members (excludes halogenated alkanes) is 6. The van der Waals surface area contributed by atoms with E-state index in [1.165, 1.54) is 24.6 Å². The van der Waals surface area contributed by atoms with Gasteiger partial charge in [0.2, 0.25) is 5.91 Å². The van der Waals surface area contributed by atoms with Gasteiger partial charge in [-0.1, -0.05) is 81.1 Å². The van der Waals surface area contributed by atoms with Crippen LogP contribution in [0.25, 0.3) is 0 Å². The summed E-state index contributed by atoms with van der Waals surface area (Å²) >= 11 is 1.17. The number of benzene rings is 1. The summed E-state index contributed by atoms with van der Waals surface area (Å²) in [7, 11) is 0. The molecule has 42 heavy (non-hydrogen) atoms. The third-order valence-corrected chi connectivity index (χ3v) is 8.97. The van der Waals surface area contributed by atoms with Crippen LogP contribution in [0.3, 0.4) is 0 Å². The minimum absolute atomic E-state index is 0.270. The fourth-order valence-electron chi connectivity index (χ4n) is 5.41. The van der Waals surface area contributed by atoms with Crippen LogP contribution >= 0.6 is 11.8 Å². The number of carboxylic acid groups (broad SMARTS) is 1. The van der Waals surface area contributed by atoms with Crippen LogP contribution in [0, 0.1) is 22.7 Å². The fourth-order valence-corrected chi connectivity index (χ4v) is 6.47. The number of anilines is 1. The average molecular weight is 591 g/mol. The van der Waals surface area contributed by atoms with Crippen molar-refractivity contribution < 1.29 is 14.7 Å². The number of nitrogens with two attached hydrogens (primary N) is 1. The van der Waals surface area contributed by atoms with Crippen LogP contribution in [0.5, 0.6) is 0 Å². The summed E-state index contributed by atoms with van der Waals surface area (Å²) in [5.41, 5.74) is 7.94. The second kappa shape index (κ2) is 17.4. The molecule has 9 nitrogen and oxygen atoms in total. The standard InChI is InChI=1S/C32H42N6O3S/c1-2-25-26(21-33)31(37-32(27(25)22-34)42-29(30(35)41)23-13-9-8-10-14-23)38-19-16-24(17-20-38)36-18-12-7-5-3-4-6-11-15-28(39)40/h8-10,13-14,24,29,36H,2-7,11-12,15-20H2,1H3,(H2,35,41)(H,39,40). The first-order chi connectivity index (χ1) is 20.4. The number of nitrogens with one attached hydrogen (secondary N) is 1. The third kappa shape index (κ3) is 9.47. The van der Waals surface area contributed by atoms with Crippen molar-refractivity contribution in [2.75, 3.05) is 24.5 Å². The van der Waals surface area contributed by atoms with E-state index >= 15 is 0 Å². The van der Waals surface area contributed by atoms with Gasteiger partial charge in [-0.15, -0.1) is 0 Å². The minimum Gasteiger partial charge on any atom is -0.481 e. The molecule has 0 spiro atoms. The summed E-state index contributed by atoms with van der Waals surface area (Å²) in [5, 5.41) is 32.2. The maximum atomic E-state index is 12.4. The van der Waals surface area contributed by atoms with E-state index in [-0.39, 0.29) is 6.42 Å². The smallest absolute Gasteiger partial charge is 0.303 e. The van der Waals surface area contributed by atoms with Gasteiger partial charge in [-0.3, -0.25) is 9.59 Å². The molecule has 2 heterocycles. The van der Waals surface area contributed by atoms with E-state index in [0.717, 1.165) is 70.1 Å². The Morgan fingerprint density at radius 3 is 2.24 bits per heavy atom. The predicted molar refractivity (Wildman–Crippen MR) is 165 cm³/mol. The highest BCUT2D eigenvalue weighted by atomic mass is 32.2. The number of aliphatic carboxylic acids is 1. The molecular formula is C32H42N6O3S. The molecule has 1 aliphatic rings. The molecule has 1 unspecified atom stereocenters. The van der Waals surface area contributed by atoms with Crippen molar-refractivity contribution in [2.45, 2.75) is 93.9 Å². The maximum Gasteiger partial charge on any atom is 0.303 e. The highest BCUT2D eigenvalue weighted by molar-refractivity contribution is 8.00. The summed E-state index contributed by atoms with van der Waals surface area (Å²) in [6.45, 7) is 4.38. The van der Waals surface area contributed by atoms with Gasteiger partial charge in [-0.25, -0.2) is 4.98 Å². The van der Waals surface area contributed by atoms with Crippen LogP contribution < -0.4 is 16.0 Å². The van der Waals surface area contributed by atoms with E-state index in [0.29, 0.717) is 40.0 Å². The summed E-state index contributed by atoms with van der Waals surface area (Å²) in [6, 6.07) is 14.2. The Morgan fingerprint density at radius 2 is 1.67 bits per heavy atom. The van der Waals surface area contributed by atoms with Crippen molar-refractivity contribution in [3.8, 4) is 12.1 Å². The Bertz CT molecular complexity index is 1270. The lowest BCUT2D eigenvalue weighted by atomic mass is 9.99. The van der Waals surface area contributed by atoms with E-state index in [9.17, 15) is 20.1 Å². The number of aromatic nitrogens is 1. The Morgan fingerprint density at radius 1 is 1.05 bits per heavy atom. The number of nitrogens with zero attached hydrogens (tertiary/aromatic N) is 4. The molecule has 0 saturated carbocycles. The first kappa shape index (κ1) is 32.9. The number of carboxylic acids is 1. The topological polar surface area (TPSA) is 156 Å². The number of hydrogen-bond acceptors (Lipinski definition) is 8. The summed E-state index contributed by atoms with van der Waals surface area (Å²) in [5.74, 6) is -0.644. The molecule has 1 atom stereocenters. The second-order valence-corrected chi connectivity index (χ2v) is 11.8. The van der Waals surface area contributed by atoms with Crippen molar-refractivity contribution in [3.63, 3.8) is 0 Å². The first-order valence-corrected chi connectivity index (χ1v) is 15.9.